The first-order chi connectivity index (χ1) is 12.1. The molecule has 1 aromatic rings. The molecule has 0 bridgehead atoms. The lowest BCUT2D eigenvalue weighted by Crippen LogP contribution is -2.53. The average molecular weight is 346 g/mol. The first-order valence-electron chi connectivity index (χ1n) is 8.90. The molecule has 1 amide bonds. The molecule has 136 valence electrons. The second-order valence-corrected chi connectivity index (χ2v) is 6.66. The smallest absolute Gasteiger partial charge is 0.323 e. The fourth-order valence-corrected chi connectivity index (χ4v) is 3.58. The Morgan fingerprint density at radius 3 is 2.76 bits per heavy atom. The van der Waals surface area contributed by atoms with E-state index in [9.17, 15) is 9.59 Å². The quantitative estimate of drug-likeness (QED) is 0.768. The van der Waals surface area contributed by atoms with Crippen molar-refractivity contribution in [2.45, 2.75) is 38.5 Å². The number of nitrogens with zero attached hydrogens (tertiary/aromatic N) is 2. The van der Waals surface area contributed by atoms with Crippen molar-refractivity contribution in [3.8, 4) is 0 Å². The molecule has 0 spiro atoms. The van der Waals surface area contributed by atoms with Gasteiger partial charge in [-0.2, -0.15) is 0 Å². The zero-order valence-corrected chi connectivity index (χ0v) is 14.9. The Hall–Kier alpha value is -1.92. The second-order valence-electron chi connectivity index (χ2n) is 6.66. The lowest BCUT2D eigenvalue weighted by Gasteiger charge is -2.37. The van der Waals surface area contributed by atoms with Crippen molar-refractivity contribution in [1.82, 2.24) is 9.80 Å². The zero-order chi connectivity index (χ0) is 17.8. The van der Waals surface area contributed by atoms with Gasteiger partial charge in [-0.15, -0.1) is 0 Å². The Bertz CT molecular complexity index is 634. The van der Waals surface area contributed by atoms with Crippen LogP contribution in [-0.4, -0.2) is 67.2 Å². The third-order valence-corrected chi connectivity index (χ3v) is 5.10. The normalized spacial score (nSPS) is 23.8. The minimum absolute atomic E-state index is 0.0510. The molecule has 0 radical (unpaired) electrons. The van der Waals surface area contributed by atoms with Crippen molar-refractivity contribution in [2.75, 3.05) is 33.4 Å². The van der Waals surface area contributed by atoms with E-state index < -0.39 is 6.04 Å². The van der Waals surface area contributed by atoms with E-state index in [2.05, 4.69) is 13.0 Å². The molecule has 2 aliphatic heterocycles. The van der Waals surface area contributed by atoms with Gasteiger partial charge in [0.05, 0.1) is 26.4 Å². The Balaban J connectivity index is 1.72. The van der Waals surface area contributed by atoms with Gasteiger partial charge in [-0.1, -0.05) is 31.2 Å². The minimum Gasteiger partial charge on any atom is -0.468 e. The van der Waals surface area contributed by atoms with Gasteiger partial charge in [0.25, 0.3) is 0 Å². The number of hydrogen-bond acceptors (Lipinski definition) is 5. The van der Waals surface area contributed by atoms with E-state index in [0.29, 0.717) is 32.7 Å². The van der Waals surface area contributed by atoms with E-state index in [1.165, 1.54) is 12.7 Å². The molecule has 0 saturated carbocycles. The number of fused-ring (bicyclic) bond motifs is 1. The largest absolute Gasteiger partial charge is 0.468 e. The molecule has 1 fully saturated rings. The molecule has 3 rings (SSSR count). The van der Waals surface area contributed by atoms with Crippen molar-refractivity contribution < 1.29 is 19.1 Å². The molecule has 0 unspecified atom stereocenters. The summed E-state index contributed by atoms with van der Waals surface area (Å²) in [4.78, 5) is 28.8. The molecular formula is C19H26N2O4. The van der Waals surface area contributed by atoms with E-state index in [1.807, 2.05) is 28.0 Å². The molecule has 6 nitrogen and oxygen atoms in total. The SMILES string of the molecule is CC[C@H]1CN(C(=O)CN2Cc3ccccc3C[C@@H]2C(=O)OC)CCO1. The van der Waals surface area contributed by atoms with Gasteiger partial charge in [0.1, 0.15) is 6.04 Å². The number of morpholine rings is 1. The third-order valence-electron chi connectivity index (χ3n) is 5.10. The van der Waals surface area contributed by atoms with Crippen LogP contribution in [0, 0.1) is 0 Å². The summed E-state index contributed by atoms with van der Waals surface area (Å²) in [5, 5.41) is 0. The molecule has 0 aliphatic carbocycles. The standard InChI is InChI=1S/C19H26N2O4/c1-3-16-12-20(8-9-25-16)18(22)13-21-11-15-7-5-4-6-14(15)10-17(21)19(23)24-2/h4-7,16-17H,3,8-13H2,1-2H3/t16-,17+/m0/s1. The van der Waals surface area contributed by atoms with Crippen LogP contribution in [0.3, 0.4) is 0 Å². The number of carbonyl (C=O) groups excluding carboxylic acids is 2. The van der Waals surface area contributed by atoms with Crippen LogP contribution in [-0.2, 0) is 32.0 Å². The Morgan fingerprint density at radius 1 is 1.28 bits per heavy atom. The molecule has 6 heteroatoms. The van der Waals surface area contributed by atoms with Gasteiger partial charge in [-0.05, 0) is 24.0 Å². The summed E-state index contributed by atoms with van der Waals surface area (Å²) >= 11 is 0. The highest BCUT2D eigenvalue weighted by molar-refractivity contribution is 5.81. The first kappa shape index (κ1) is 17.9. The van der Waals surface area contributed by atoms with E-state index >= 15 is 0 Å². The Morgan fingerprint density at radius 2 is 2.04 bits per heavy atom. The molecule has 2 aliphatic rings. The molecule has 0 aromatic heterocycles. The minimum atomic E-state index is -0.410. The Labute approximate surface area is 148 Å². The van der Waals surface area contributed by atoms with E-state index in [0.717, 1.165) is 12.0 Å². The lowest BCUT2D eigenvalue weighted by molar-refractivity contribution is -0.150. The molecule has 25 heavy (non-hydrogen) atoms. The highest BCUT2D eigenvalue weighted by Gasteiger charge is 2.34. The molecule has 2 atom stereocenters. The van der Waals surface area contributed by atoms with E-state index in [-0.39, 0.29) is 24.5 Å². The van der Waals surface area contributed by atoms with Crippen molar-refractivity contribution in [3.63, 3.8) is 0 Å². The van der Waals surface area contributed by atoms with Crippen LogP contribution in [0.25, 0.3) is 0 Å². The summed E-state index contributed by atoms with van der Waals surface area (Å²) in [6, 6.07) is 7.66. The highest BCUT2D eigenvalue weighted by atomic mass is 16.5. The van der Waals surface area contributed by atoms with Gasteiger partial charge in [-0.3, -0.25) is 14.5 Å². The second kappa shape index (κ2) is 7.97. The number of amides is 1. The molecule has 1 aromatic carbocycles. The maximum Gasteiger partial charge on any atom is 0.323 e. The van der Waals surface area contributed by atoms with Gasteiger partial charge < -0.3 is 14.4 Å². The molecular weight excluding hydrogens is 320 g/mol. The van der Waals surface area contributed by atoms with Crippen LogP contribution in [0.2, 0.25) is 0 Å². The fraction of sp³-hybridized carbons (Fsp3) is 0.579. The number of rotatable bonds is 4. The van der Waals surface area contributed by atoms with Gasteiger partial charge in [-0.25, -0.2) is 0 Å². The van der Waals surface area contributed by atoms with Gasteiger partial charge in [0.15, 0.2) is 0 Å². The molecule has 0 N–H and O–H groups in total. The lowest BCUT2D eigenvalue weighted by atomic mass is 9.94. The Kier molecular flexibility index (Phi) is 5.71. The van der Waals surface area contributed by atoms with E-state index in [4.69, 9.17) is 9.47 Å². The van der Waals surface area contributed by atoms with Crippen LogP contribution in [0.1, 0.15) is 24.5 Å². The van der Waals surface area contributed by atoms with Crippen molar-refractivity contribution >= 4 is 11.9 Å². The van der Waals surface area contributed by atoms with Crippen LogP contribution in [0.5, 0.6) is 0 Å². The number of carbonyl (C=O) groups is 2. The third kappa shape index (κ3) is 4.02. The number of ether oxygens (including phenoxy) is 2. The van der Waals surface area contributed by atoms with Crippen LogP contribution < -0.4 is 0 Å². The number of hydrogen-bond donors (Lipinski definition) is 0. The zero-order valence-electron chi connectivity index (χ0n) is 14.9. The molecule has 1 saturated heterocycles. The van der Waals surface area contributed by atoms with Crippen molar-refractivity contribution in [1.29, 1.82) is 0 Å². The summed E-state index contributed by atoms with van der Waals surface area (Å²) in [7, 11) is 1.40. The van der Waals surface area contributed by atoms with Crippen molar-refractivity contribution in [3.05, 3.63) is 35.4 Å². The number of esters is 1. The van der Waals surface area contributed by atoms with Gasteiger partial charge in [0.2, 0.25) is 5.91 Å². The summed E-state index contributed by atoms with van der Waals surface area (Å²) in [5.74, 6) is -0.231. The highest BCUT2D eigenvalue weighted by Crippen LogP contribution is 2.24. The number of benzene rings is 1. The number of methoxy groups -OCH3 is 1. The predicted molar refractivity (Wildman–Crippen MR) is 93.0 cm³/mol. The summed E-state index contributed by atoms with van der Waals surface area (Å²) < 4.78 is 10.6. The van der Waals surface area contributed by atoms with Crippen LogP contribution >= 0.6 is 0 Å². The maximum atomic E-state index is 12.8. The van der Waals surface area contributed by atoms with Crippen LogP contribution in [0.4, 0.5) is 0 Å². The average Bonchev–Trinajstić information content (AvgIpc) is 2.66. The van der Waals surface area contributed by atoms with Gasteiger partial charge in [0, 0.05) is 19.6 Å². The molecule has 2 heterocycles. The summed E-state index contributed by atoms with van der Waals surface area (Å²) in [6.45, 7) is 4.69. The monoisotopic (exact) mass is 346 g/mol. The summed E-state index contributed by atoms with van der Waals surface area (Å²) in [6.07, 6.45) is 1.58. The van der Waals surface area contributed by atoms with Gasteiger partial charge >= 0.3 is 5.97 Å². The topological polar surface area (TPSA) is 59.1 Å². The first-order valence-corrected chi connectivity index (χ1v) is 8.90. The fourth-order valence-electron chi connectivity index (χ4n) is 3.58. The van der Waals surface area contributed by atoms with Crippen LogP contribution in [0.15, 0.2) is 24.3 Å². The van der Waals surface area contributed by atoms with Crippen molar-refractivity contribution in [2.24, 2.45) is 0 Å². The van der Waals surface area contributed by atoms with E-state index in [1.54, 1.807) is 0 Å². The maximum absolute atomic E-state index is 12.8. The predicted octanol–water partition coefficient (Wildman–Crippen LogP) is 1.22. The summed E-state index contributed by atoms with van der Waals surface area (Å²) in [5.41, 5.74) is 2.32.